The molecule has 0 heterocycles. The quantitative estimate of drug-likeness (QED) is 0.258. The van der Waals surface area contributed by atoms with Crippen molar-refractivity contribution in [1.29, 1.82) is 0 Å². The van der Waals surface area contributed by atoms with E-state index in [-0.39, 0.29) is 28.9 Å². The molecular formula is C30H34Cl2O9S. The zero-order valence-electron chi connectivity index (χ0n) is 23.8. The van der Waals surface area contributed by atoms with Crippen LogP contribution in [0.5, 0.6) is 0 Å². The van der Waals surface area contributed by atoms with E-state index in [2.05, 4.69) is 0 Å². The fraction of sp³-hybridized carbons (Fsp3) is 0.567. The van der Waals surface area contributed by atoms with Crippen LogP contribution in [0.25, 0.3) is 0 Å². The zero-order chi connectivity index (χ0) is 30.9. The van der Waals surface area contributed by atoms with Crippen LogP contribution < -0.4 is 0 Å². The van der Waals surface area contributed by atoms with Crippen LogP contribution >= 0.6 is 23.2 Å². The van der Waals surface area contributed by atoms with Crippen LogP contribution in [0.1, 0.15) is 46.5 Å². The van der Waals surface area contributed by atoms with Crippen LogP contribution in [0.3, 0.4) is 0 Å². The first-order valence-corrected chi connectivity index (χ1v) is 16.0. The van der Waals surface area contributed by atoms with Crippen LogP contribution in [0.4, 0.5) is 4.79 Å². The van der Waals surface area contributed by atoms with Crippen molar-refractivity contribution in [2.75, 3.05) is 13.7 Å². The van der Waals surface area contributed by atoms with E-state index >= 15 is 0 Å². The van der Waals surface area contributed by atoms with E-state index in [1.54, 1.807) is 26.0 Å². The van der Waals surface area contributed by atoms with Crippen molar-refractivity contribution in [2.45, 2.75) is 67.9 Å². The lowest BCUT2D eigenvalue weighted by Gasteiger charge is -2.64. The first kappa shape index (κ1) is 31.2. The summed E-state index contributed by atoms with van der Waals surface area (Å²) in [7, 11) is -3.24. The summed E-state index contributed by atoms with van der Waals surface area (Å²) >= 11 is 13.4. The number of rotatable bonds is 6. The molecule has 0 aliphatic heterocycles. The summed E-state index contributed by atoms with van der Waals surface area (Å²) in [5.74, 6) is -2.12. The number of alkyl halides is 1. The van der Waals surface area contributed by atoms with Crippen molar-refractivity contribution in [3.63, 3.8) is 0 Å². The highest BCUT2D eigenvalue weighted by molar-refractivity contribution is 7.86. The van der Waals surface area contributed by atoms with Gasteiger partial charge in [-0.15, -0.1) is 11.6 Å². The molecule has 4 aliphatic rings. The summed E-state index contributed by atoms with van der Waals surface area (Å²) < 4.78 is 41.7. The number of hydrogen-bond donors (Lipinski definition) is 1. The molecule has 8 atom stereocenters. The molecule has 1 aromatic rings. The average Bonchev–Trinajstić information content (AvgIpc) is 3.15. The summed E-state index contributed by atoms with van der Waals surface area (Å²) in [5, 5.41) is 12.2. The standard InChI is InChI=1S/C30H34Cl2O9S/c1-17-13-23-22-10-5-18-14-20(33)11-12-27(18,2)29(22,32)24(34)15-28(23,3)30(17,41-26(36)39-4)25(35)16-40-42(37,38)21-8-6-19(31)7-9-21/h6-9,11-12,14,17,22-24,34H,5,10,13,15-16H2,1-4H3/t17-,22+,23+,24?,27+,28+,29+,30+/m1/s1. The van der Waals surface area contributed by atoms with Crippen LogP contribution in [-0.2, 0) is 33.4 Å². The minimum atomic E-state index is -4.36. The smallest absolute Gasteiger partial charge is 0.438 e. The number of allylic oxidation sites excluding steroid dienone is 4. The molecule has 9 nitrogen and oxygen atoms in total. The topological polar surface area (TPSA) is 133 Å². The highest BCUT2D eigenvalue weighted by Crippen LogP contribution is 2.72. The Balaban J connectivity index is 1.54. The maximum Gasteiger partial charge on any atom is 0.509 e. The molecule has 3 saturated carbocycles. The number of fused-ring (bicyclic) bond motifs is 5. The molecule has 0 bridgehead atoms. The number of Topliss-reactive ketones (excluding diaryl/α,β-unsaturated/α-hetero) is 1. The molecule has 1 unspecified atom stereocenters. The number of carbonyl (C=O) groups is 3. The van der Waals surface area contributed by atoms with Gasteiger partial charge < -0.3 is 14.6 Å². The Hall–Kier alpha value is -2.24. The van der Waals surface area contributed by atoms with Gasteiger partial charge in [0.15, 0.2) is 11.4 Å². The second kappa shape index (κ2) is 10.4. The maximum absolute atomic E-state index is 14.2. The zero-order valence-corrected chi connectivity index (χ0v) is 26.1. The van der Waals surface area contributed by atoms with Crippen molar-refractivity contribution in [3.8, 4) is 0 Å². The van der Waals surface area contributed by atoms with Crippen molar-refractivity contribution in [3.05, 3.63) is 53.1 Å². The van der Waals surface area contributed by atoms with E-state index < -0.39 is 62.0 Å². The molecule has 0 radical (unpaired) electrons. The number of halogens is 2. The molecule has 0 saturated heterocycles. The van der Waals surface area contributed by atoms with E-state index in [4.69, 9.17) is 36.9 Å². The molecule has 228 valence electrons. The molecule has 5 rings (SSSR count). The number of aliphatic hydroxyl groups excluding tert-OH is 1. The van der Waals surface area contributed by atoms with Gasteiger partial charge in [0, 0.05) is 21.8 Å². The molecule has 0 spiro atoms. The number of methoxy groups -OCH3 is 1. The number of carbonyl (C=O) groups excluding carboxylic acids is 3. The Bertz CT molecular complexity index is 1490. The van der Waals surface area contributed by atoms with Gasteiger partial charge in [-0.05, 0) is 73.9 Å². The van der Waals surface area contributed by atoms with Gasteiger partial charge in [-0.3, -0.25) is 13.8 Å². The van der Waals surface area contributed by atoms with Crippen molar-refractivity contribution in [1.82, 2.24) is 0 Å². The number of benzene rings is 1. The highest BCUT2D eigenvalue weighted by atomic mass is 35.5. The fourth-order valence-electron chi connectivity index (χ4n) is 8.48. The van der Waals surface area contributed by atoms with Gasteiger partial charge in [-0.25, -0.2) is 4.79 Å². The van der Waals surface area contributed by atoms with Gasteiger partial charge in [0.25, 0.3) is 10.1 Å². The first-order chi connectivity index (χ1) is 19.6. The van der Waals surface area contributed by atoms with Crippen LogP contribution in [0.2, 0.25) is 5.02 Å². The van der Waals surface area contributed by atoms with E-state index in [0.717, 1.165) is 12.7 Å². The Morgan fingerprint density at radius 2 is 1.81 bits per heavy atom. The fourth-order valence-corrected chi connectivity index (χ4v) is 10.00. The second-order valence-electron chi connectivity index (χ2n) is 12.3. The Morgan fingerprint density at radius 3 is 2.45 bits per heavy atom. The van der Waals surface area contributed by atoms with Gasteiger partial charge in [0.1, 0.15) is 6.61 Å². The Kier molecular flexibility index (Phi) is 7.75. The molecular weight excluding hydrogens is 607 g/mol. The number of hydrogen-bond acceptors (Lipinski definition) is 9. The van der Waals surface area contributed by atoms with Gasteiger partial charge in [0.05, 0.1) is 23.0 Å². The van der Waals surface area contributed by atoms with Gasteiger partial charge in [-0.2, -0.15) is 8.42 Å². The summed E-state index contributed by atoms with van der Waals surface area (Å²) in [5.41, 5.74) is -3.00. The molecule has 1 N–H and O–H groups in total. The summed E-state index contributed by atoms with van der Waals surface area (Å²) in [4.78, 5) is 37.7. The third-order valence-corrected chi connectivity index (χ3v) is 12.9. The average molecular weight is 642 g/mol. The lowest BCUT2D eigenvalue weighted by molar-refractivity contribution is -0.184. The normalized spacial score (nSPS) is 39.0. The third-order valence-electron chi connectivity index (χ3n) is 10.5. The lowest BCUT2D eigenvalue weighted by atomic mass is 9.45. The molecule has 4 aliphatic carbocycles. The van der Waals surface area contributed by atoms with Gasteiger partial charge in [0.2, 0.25) is 5.78 Å². The molecule has 42 heavy (non-hydrogen) atoms. The lowest BCUT2D eigenvalue weighted by Crippen LogP contribution is -2.69. The largest absolute Gasteiger partial charge is 0.509 e. The predicted octanol–water partition coefficient (Wildman–Crippen LogP) is 5.02. The first-order valence-electron chi connectivity index (χ1n) is 13.8. The summed E-state index contributed by atoms with van der Waals surface area (Å²) in [6.07, 6.45) is 4.05. The Morgan fingerprint density at radius 1 is 1.14 bits per heavy atom. The maximum atomic E-state index is 14.2. The third kappa shape index (κ3) is 4.31. The molecule has 12 heteroatoms. The van der Waals surface area contributed by atoms with Gasteiger partial charge >= 0.3 is 6.16 Å². The van der Waals surface area contributed by atoms with Crippen LogP contribution in [-0.4, -0.2) is 61.5 Å². The van der Waals surface area contributed by atoms with E-state index in [0.29, 0.717) is 24.3 Å². The summed E-state index contributed by atoms with van der Waals surface area (Å²) in [6, 6.07) is 5.29. The predicted molar refractivity (Wildman–Crippen MR) is 153 cm³/mol. The van der Waals surface area contributed by atoms with Crippen LogP contribution in [0.15, 0.2) is 53.0 Å². The van der Waals surface area contributed by atoms with Crippen molar-refractivity contribution >= 4 is 51.0 Å². The molecule has 1 aromatic carbocycles. The SMILES string of the molecule is COC(=O)O[C@]1(C(=O)COS(=O)(=O)c2ccc(Cl)cc2)[C@H](C)C[C@H]2[C@@H]3CCC4=CC(=O)C=C[C@]4(C)[C@@]3(Cl)C(O)C[C@@]21C. The van der Waals surface area contributed by atoms with Crippen LogP contribution in [0, 0.1) is 28.6 Å². The van der Waals surface area contributed by atoms with Gasteiger partial charge in [-0.1, -0.05) is 44.0 Å². The second-order valence-corrected chi connectivity index (χ2v) is 15.0. The van der Waals surface area contributed by atoms with E-state index in [1.165, 1.54) is 30.3 Å². The molecule has 0 aromatic heterocycles. The van der Waals surface area contributed by atoms with E-state index in [9.17, 15) is 27.9 Å². The number of aliphatic hydroxyl groups is 1. The summed E-state index contributed by atoms with van der Waals surface area (Å²) in [6.45, 7) is 4.56. The van der Waals surface area contributed by atoms with Crippen molar-refractivity contribution < 1.29 is 41.6 Å². The molecule has 0 amide bonds. The Labute approximate surface area is 255 Å². The minimum Gasteiger partial charge on any atom is -0.438 e. The minimum absolute atomic E-state index is 0.0284. The molecule has 3 fully saturated rings. The monoisotopic (exact) mass is 640 g/mol. The number of ether oxygens (including phenoxy) is 2. The van der Waals surface area contributed by atoms with Crippen molar-refractivity contribution in [2.24, 2.45) is 28.6 Å². The number of ketones is 2. The highest BCUT2D eigenvalue weighted by Gasteiger charge is 2.76. The van der Waals surface area contributed by atoms with E-state index in [1.807, 2.05) is 6.92 Å².